The largest absolute Gasteiger partial charge is 0.464 e. The van der Waals surface area contributed by atoms with E-state index in [0.29, 0.717) is 0 Å². The van der Waals surface area contributed by atoms with Gasteiger partial charge in [0.25, 0.3) is 0 Å². The molecule has 122 valence electrons. The highest BCUT2D eigenvalue weighted by Gasteiger charge is 2.16. The van der Waals surface area contributed by atoms with Gasteiger partial charge >= 0.3 is 0 Å². The molecule has 6 rings (SSSR count). The van der Waals surface area contributed by atoms with Crippen LogP contribution in [0.4, 0.5) is 0 Å². The predicted molar refractivity (Wildman–Crippen MR) is 106 cm³/mol. The second-order valence-corrected chi connectivity index (χ2v) is 6.51. The van der Waals surface area contributed by atoms with Crippen LogP contribution in [0.3, 0.4) is 0 Å². The highest BCUT2D eigenvalue weighted by molar-refractivity contribution is 6.20. The number of rotatable bonds is 1. The van der Waals surface area contributed by atoms with Crippen molar-refractivity contribution in [2.24, 2.45) is 0 Å². The molecule has 0 aliphatic carbocycles. The molecule has 0 N–H and O–H groups in total. The molecule has 3 aromatic carbocycles. The first-order chi connectivity index (χ1) is 12.9. The predicted octanol–water partition coefficient (Wildman–Crippen LogP) is 6.08. The van der Waals surface area contributed by atoms with Crippen molar-refractivity contribution in [3.8, 4) is 5.82 Å². The number of benzene rings is 3. The molecule has 0 amide bonds. The van der Waals surface area contributed by atoms with Crippen LogP contribution >= 0.6 is 0 Å². The Bertz CT molecular complexity index is 1440. The summed E-state index contributed by atoms with van der Waals surface area (Å²) in [4.78, 5) is 4.93. The fraction of sp³-hybridized carbons (Fsp3) is 0. The molecule has 0 saturated carbocycles. The summed E-state index contributed by atoms with van der Waals surface area (Å²) in [6.07, 6.45) is 1.75. The van der Waals surface area contributed by atoms with Crippen molar-refractivity contribution >= 4 is 43.7 Å². The van der Waals surface area contributed by atoms with E-state index in [1.54, 1.807) is 6.26 Å². The quantitative estimate of drug-likeness (QED) is 0.365. The van der Waals surface area contributed by atoms with Gasteiger partial charge in [-0.1, -0.05) is 36.4 Å². The monoisotopic (exact) mass is 334 g/mol. The molecular weight excluding hydrogens is 320 g/mol. The Kier molecular flexibility index (Phi) is 2.61. The minimum Gasteiger partial charge on any atom is -0.464 e. The molecule has 0 radical (unpaired) electrons. The summed E-state index contributed by atoms with van der Waals surface area (Å²) in [5.74, 6) is 0.928. The maximum Gasteiger partial charge on any atom is 0.138 e. The van der Waals surface area contributed by atoms with E-state index in [4.69, 9.17) is 9.40 Å². The Morgan fingerprint density at radius 3 is 2.58 bits per heavy atom. The number of para-hydroxylation sites is 2. The first-order valence-electron chi connectivity index (χ1n) is 8.66. The lowest BCUT2D eigenvalue weighted by Gasteiger charge is -2.08. The Hall–Kier alpha value is -3.59. The highest BCUT2D eigenvalue weighted by atomic mass is 16.3. The third kappa shape index (κ3) is 1.74. The van der Waals surface area contributed by atoms with Gasteiger partial charge in [0.1, 0.15) is 11.4 Å². The molecule has 26 heavy (non-hydrogen) atoms. The molecule has 0 unspecified atom stereocenters. The van der Waals surface area contributed by atoms with Crippen LogP contribution in [0, 0.1) is 0 Å². The molecule has 6 aromatic rings. The molecule has 0 aliphatic rings. The standard InChI is InChI=1S/C23H14N2O/c1-3-7-18-15(5-1)9-12-22(24-18)25-19-8-4-2-6-16(19)23-17-13-14-26-21(17)11-10-20(23)25/h1-14H. The van der Waals surface area contributed by atoms with E-state index >= 15 is 0 Å². The maximum absolute atomic E-state index is 5.62. The minimum atomic E-state index is 0.909. The number of nitrogens with zero attached hydrogens (tertiary/aromatic N) is 2. The van der Waals surface area contributed by atoms with Crippen LogP contribution in [-0.2, 0) is 0 Å². The van der Waals surface area contributed by atoms with E-state index in [2.05, 4.69) is 59.2 Å². The average molecular weight is 334 g/mol. The third-order valence-electron chi connectivity index (χ3n) is 5.08. The molecule has 0 bridgehead atoms. The van der Waals surface area contributed by atoms with Crippen molar-refractivity contribution in [2.75, 3.05) is 0 Å². The van der Waals surface area contributed by atoms with Crippen molar-refractivity contribution in [1.82, 2.24) is 9.55 Å². The van der Waals surface area contributed by atoms with Crippen LogP contribution in [0.2, 0.25) is 0 Å². The van der Waals surface area contributed by atoms with Crippen LogP contribution in [0.15, 0.2) is 89.5 Å². The number of aromatic nitrogens is 2. The molecule has 0 atom stereocenters. The second-order valence-electron chi connectivity index (χ2n) is 6.51. The zero-order valence-corrected chi connectivity index (χ0v) is 13.9. The molecular formula is C23H14N2O. The molecule has 3 heterocycles. The lowest BCUT2D eigenvalue weighted by molar-refractivity contribution is 0.616. The third-order valence-corrected chi connectivity index (χ3v) is 5.08. The van der Waals surface area contributed by atoms with Crippen LogP contribution in [0.25, 0.3) is 49.5 Å². The molecule has 0 aliphatic heterocycles. The van der Waals surface area contributed by atoms with Crippen molar-refractivity contribution in [1.29, 1.82) is 0 Å². The number of pyridine rings is 1. The number of hydrogen-bond donors (Lipinski definition) is 0. The van der Waals surface area contributed by atoms with Crippen molar-refractivity contribution in [3.05, 3.63) is 85.1 Å². The lowest BCUT2D eigenvalue weighted by atomic mass is 10.1. The van der Waals surface area contributed by atoms with Crippen LogP contribution < -0.4 is 0 Å². The van der Waals surface area contributed by atoms with E-state index < -0.39 is 0 Å². The molecule has 3 nitrogen and oxygen atoms in total. The normalized spacial score (nSPS) is 11.8. The van der Waals surface area contributed by atoms with Gasteiger partial charge in [-0.05, 0) is 42.5 Å². The molecule has 0 fully saturated rings. The summed E-state index contributed by atoms with van der Waals surface area (Å²) in [5, 5.41) is 4.71. The summed E-state index contributed by atoms with van der Waals surface area (Å²) in [5.41, 5.74) is 4.20. The van der Waals surface area contributed by atoms with Crippen LogP contribution in [-0.4, -0.2) is 9.55 Å². The van der Waals surface area contributed by atoms with Gasteiger partial charge in [0.05, 0.1) is 22.8 Å². The summed E-state index contributed by atoms with van der Waals surface area (Å²) >= 11 is 0. The second kappa shape index (κ2) is 4.96. The Morgan fingerprint density at radius 1 is 0.692 bits per heavy atom. The zero-order chi connectivity index (χ0) is 17.1. The first-order valence-corrected chi connectivity index (χ1v) is 8.66. The summed E-state index contributed by atoms with van der Waals surface area (Å²) in [6.45, 7) is 0. The van der Waals surface area contributed by atoms with Crippen LogP contribution in [0.1, 0.15) is 0 Å². The number of furan rings is 1. The fourth-order valence-corrected chi connectivity index (χ4v) is 3.94. The van der Waals surface area contributed by atoms with Gasteiger partial charge in [0.2, 0.25) is 0 Å². The van der Waals surface area contributed by atoms with Crippen LogP contribution in [0.5, 0.6) is 0 Å². The molecule has 3 aromatic heterocycles. The van der Waals surface area contributed by atoms with Gasteiger partial charge in [0.15, 0.2) is 0 Å². The Balaban J connectivity index is 1.81. The molecule has 0 spiro atoms. The fourth-order valence-electron chi connectivity index (χ4n) is 3.94. The highest BCUT2D eigenvalue weighted by Crippen LogP contribution is 2.36. The van der Waals surface area contributed by atoms with Gasteiger partial charge in [0, 0.05) is 21.5 Å². The van der Waals surface area contributed by atoms with E-state index in [1.165, 1.54) is 10.8 Å². The zero-order valence-electron chi connectivity index (χ0n) is 13.9. The van der Waals surface area contributed by atoms with E-state index in [1.807, 2.05) is 24.3 Å². The SMILES string of the molecule is c1ccc2nc(-n3c4ccccc4c4c5ccoc5ccc43)ccc2c1. The van der Waals surface area contributed by atoms with Gasteiger partial charge in [-0.3, -0.25) is 4.57 Å². The molecule has 0 saturated heterocycles. The van der Waals surface area contributed by atoms with E-state index in [-0.39, 0.29) is 0 Å². The number of fused-ring (bicyclic) bond motifs is 6. The van der Waals surface area contributed by atoms with Gasteiger partial charge in [-0.2, -0.15) is 0 Å². The summed E-state index contributed by atoms with van der Waals surface area (Å²) < 4.78 is 7.86. The van der Waals surface area contributed by atoms with Gasteiger partial charge in [-0.25, -0.2) is 4.98 Å². The number of hydrogen-bond acceptors (Lipinski definition) is 2. The summed E-state index contributed by atoms with van der Waals surface area (Å²) in [6, 6.07) is 27.1. The minimum absolute atomic E-state index is 0.909. The topological polar surface area (TPSA) is 31.0 Å². The Morgan fingerprint density at radius 2 is 1.58 bits per heavy atom. The van der Waals surface area contributed by atoms with Crippen molar-refractivity contribution < 1.29 is 4.42 Å². The summed E-state index contributed by atoms with van der Waals surface area (Å²) in [7, 11) is 0. The van der Waals surface area contributed by atoms with Gasteiger partial charge < -0.3 is 4.42 Å². The van der Waals surface area contributed by atoms with Crippen molar-refractivity contribution in [2.45, 2.75) is 0 Å². The first kappa shape index (κ1) is 13.7. The smallest absolute Gasteiger partial charge is 0.138 e. The molecule has 3 heteroatoms. The van der Waals surface area contributed by atoms with E-state index in [0.717, 1.165) is 38.7 Å². The lowest BCUT2D eigenvalue weighted by Crippen LogP contribution is -1.97. The average Bonchev–Trinajstić information content (AvgIpc) is 3.29. The Labute approximate surface area is 149 Å². The van der Waals surface area contributed by atoms with E-state index in [9.17, 15) is 0 Å². The van der Waals surface area contributed by atoms with Crippen molar-refractivity contribution in [3.63, 3.8) is 0 Å². The van der Waals surface area contributed by atoms with Gasteiger partial charge in [-0.15, -0.1) is 0 Å². The maximum atomic E-state index is 5.62.